The van der Waals surface area contributed by atoms with E-state index < -0.39 is 0 Å². The molecule has 0 radical (unpaired) electrons. The van der Waals surface area contributed by atoms with Crippen LogP contribution in [0.2, 0.25) is 0 Å². The van der Waals surface area contributed by atoms with E-state index in [1.54, 1.807) is 23.9 Å². The summed E-state index contributed by atoms with van der Waals surface area (Å²) in [6.45, 7) is 0.617. The third-order valence-electron chi connectivity index (χ3n) is 6.08. The Labute approximate surface area is 205 Å². The van der Waals surface area contributed by atoms with Crippen molar-refractivity contribution in [3.05, 3.63) is 84.2 Å². The second-order valence-electron chi connectivity index (χ2n) is 8.51. The topological polar surface area (TPSA) is 125 Å². The Morgan fingerprint density at radius 3 is 2.94 bits per heavy atom. The number of hydrogen-bond donors (Lipinski definition) is 5. The summed E-state index contributed by atoms with van der Waals surface area (Å²) in [6.07, 6.45) is 9.75. The van der Waals surface area contributed by atoms with Gasteiger partial charge in [-0.1, -0.05) is 35.6 Å². The molecular formula is C26H23N7OS. The first-order valence-electron chi connectivity index (χ1n) is 11.3. The molecule has 2 aromatic carbocycles. The molecule has 35 heavy (non-hydrogen) atoms. The van der Waals surface area contributed by atoms with Gasteiger partial charge in [0.1, 0.15) is 0 Å². The van der Waals surface area contributed by atoms with E-state index in [0.717, 1.165) is 44.5 Å². The summed E-state index contributed by atoms with van der Waals surface area (Å²) in [5.74, 6) is -0.123. The van der Waals surface area contributed by atoms with E-state index in [0.29, 0.717) is 12.1 Å². The van der Waals surface area contributed by atoms with E-state index in [2.05, 4.69) is 42.7 Å². The maximum absolute atomic E-state index is 12.5. The van der Waals surface area contributed by atoms with Crippen LogP contribution in [0.3, 0.4) is 0 Å². The number of aromatic nitrogens is 4. The number of rotatable bonds is 7. The molecule has 0 unspecified atom stereocenters. The van der Waals surface area contributed by atoms with Crippen LogP contribution in [0, 0.1) is 0 Å². The molecule has 1 aliphatic rings. The number of para-hydroxylation sites is 1. The number of amides is 1. The van der Waals surface area contributed by atoms with Crippen LogP contribution < -0.4 is 16.4 Å². The highest BCUT2D eigenvalue weighted by Gasteiger charge is 2.25. The summed E-state index contributed by atoms with van der Waals surface area (Å²) in [5, 5.41) is 8.33. The number of thiazole rings is 1. The molecule has 0 saturated carbocycles. The van der Waals surface area contributed by atoms with Crippen LogP contribution >= 0.6 is 11.3 Å². The number of carbonyl (C=O) groups is 1. The van der Waals surface area contributed by atoms with Crippen molar-refractivity contribution in [2.75, 3.05) is 17.2 Å². The van der Waals surface area contributed by atoms with Crippen LogP contribution in [0.5, 0.6) is 0 Å². The Balaban J connectivity index is 1.15. The second-order valence-corrected chi connectivity index (χ2v) is 9.54. The van der Waals surface area contributed by atoms with Gasteiger partial charge in [0.15, 0.2) is 5.13 Å². The van der Waals surface area contributed by atoms with Crippen LogP contribution in [0.25, 0.3) is 33.0 Å². The fourth-order valence-corrected chi connectivity index (χ4v) is 5.17. The van der Waals surface area contributed by atoms with Crippen molar-refractivity contribution in [2.24, 2.45) is 5.73 Å². The number of nitrogens with two attached hydrogens (primary N) is 1. The van der Waals surface area contributed by atoms with Gasteiger partial charge in [-0.3, -0.25) is 4.79 Å². The Hall–Kier alpha value is -4.21. The fourth-order valence-electron chi connectivity index (χ4n) is 4.35. The fraction of sp³-hybridized carbons (Fsp3) is 0.115. The molecule has 0 spiro atoms. The molecule has 0 saturated heterocycles. The van der Waals surface area contributed by atoms with Gasteiger partial charge in [-0.15, -0.1) is 0 Å². The number of aromatic amines is 2. The Morgan fingerprint density at radius 1 is 1.14 bits per heavy atom. The quantitative estimate of drug-likeness (QED) is 0.219. The minimum Gasteiger partial charge on any atom is -0.361 e. The van der Waals surface area contributed by atoms with Crippen LogP contribution in [0.15, 0.2) is 67.4 Å². The molecule has 6 N–H and O–H groups in total. The van der Waals surface area contributed by atoms with Crippen LogP contribution in [-0.4, -0.2) is 38.4 Å². The van der Waals surface area contributed by atoms with Gasteiger partial charge in [0.05, 0.1) is 28.7 Å². The number of fused-ring (bicyclic) bond motifs is 2. The van der Waals surface area contributed by atoms with Crippen LogP contribution in [0.1, 0.15) is 16.8 Å². The molecule has 5 aromatic rings. The molecule has 4 heterocycles. The van der Waals surface area contributed by atoms with Crippen molar-refractivity contribution in [3.8, 4) is 10.4 Å². The van der Waals surface area contributed by atoms with Gasteiger partial charge >= 0.3 is 0 Å². The van der Waals surface area contributed by atoms with Gasteiger partial charge in [0.2, 0.25) is 0 Å². The van der Waals surface area contributed by atoms with Gasteiger partial charge in [-0.25, -0.2) is 9.97 Å². The Bertz CT molecular complexity index is 1550. The minimum absolute atomic E-state index is 0.0474. The highest BCUT2D eigenvalue weighted by molar-refractivity contribution is 7.18. The smallest absolute Gasteiger partial charge is 0.256 e. The van der Waals surface area contributed by atoms with Crippen molar-refractivity contribution >= 4 is 50.6 Å². The maximum atomic E-state index is 12.5. The monoisotopic (exact) mass is 481 g/mol. The first-order valence-corrected chi connectivity index (χ1v) is 12.1. The number of carbonyl (C=O) groups excluding carboxylic acids is 1. The lowest BCUT2D eigenvalue weighted by Gasteiger charge is -2.11. The highest BCUT2D eigenvalue weighted by Crippen LogP contribution is 2.38. The van der Waals surface area contributed by atoms with Gasteiger partial charge in [0, 0.05) is 47.1 Å². The van der Waals surface area contributed by atoms with Gasteiger partial charge in [0.25, 0.3) is 5.91 Å². The molecule has 1 aliphatic heterocycles. The van der Waals surface area contributed by atoms with Gasteiger partial charge < -0.3 is 26.3 Å². The van der Waals surface area contributed by atoms with Crippen LogP contribution in [0.4, 0.5) is 10.8 Å². The summed E-state index contributed by atoms with van der Waals surface area (Å²) in [5.41, 5.74) is 12.8. The van der Waals surface area contributed by atoms with Crippen molar-refractivity contribution in [2.45, 2.75) is 12.5 Å². The predicted octanol–water partition coefficient (Wildman–Crippen LogP) is 4.49. The second kappa shape index (κ2) is 8.86. The Kier molecular flexibility index (Phi) is 5.40. The molecule has 0 fully saturated rings. The summed E-state index contributed by atoms with van der Waals surface area (Å²) in [4.78, 5) is 28.4. The molecule has 3 aromatic heterocycles. The molecule has 9 heteroatoms. The largest absolute Gasteiger partial charge is 0.361 e. The van der Waals surface area contributed by atoms with Crippen molar-refractivity contribution < 1.29 is 4.79 Å². The lowest BCUT2D eigenvalue weighted by Crippen LogP contribution is -2.31. The first-order chi connectivity index (χ1) is 17.1. The van der Waals surface area contributed by atoms with Gasteiger partial charge in [-0.2, -0.15) is 0 Å². The maximum Gasteiger partial charge on any atom is 0.256 e. The SMILES string of the molecule is N[C@H](CNc1ncc(-c2ccc3c(c2)C(=Cc2cnc[nH]2)C(=O)N3)s1)Cc1c[nH]c2ccccc12. The third kappa shape index (κ3) is 4.23. The van der Waals surface area contributed by atoms with Crippen molar-refractivity contribution in [1.29, 1.82) is 0 Å². The zero-order valence-corrected chi connectivity index (χ0v) is 19.5. The zero-order chi connectivity index (χ0) is 23.8. The molecule has 1 amide bonds. The lowest BCUT2D eigenvalue weighted by atomic mass is 10.0. The third-order valence-corrected chi connectivity index (χ3v) is 7.09. The number of nitrogens with zero attached hydrogens (tertiary/aromatic N) is 2. The number of nitrogens with one attached hydrogen (secondary N) is 4. The molecular weight excluding hydrogens is 458 g/mol. The van der Waals surface area contributed by atoms with E-state index in [-0.39, 0.29) is 11.9 Å². The molecule has 8 nitrogen and oxygen atoms in total. The van der Waals surface area contributed by atoms with Crippen LogP contribution in [-0.2, 0) is 11.2 Å². The number of hydrogen-bond acceptors (Lipinski definition) is 6. The first kappa shape index (κ1) is 21.3. The van der Waals surface area contributed by atoms with Crippen molar-refractivity contribution in [1.82, 2.24) is 19.9 Å². The average Bonchev–Trinajstić information content (AvgIpc) is 3.66. The summed E-state index contributed by atoms with van der Waals surface area (Å²) < 4.78 is 0. The lowest BCUT2D eigenvalue weighted by molar-refractivity contribution is -0.110. The van der Waals surface area contributed by atoms with Gasteiger partial charge in [-0.05, 0) is 41.8 Å². The zero-order valence-electron chi connectivity index (χ0n) is 18.7. The van der Waals surface area contributed by atoms with E-state index in [4.69, 9.17) is 5.73 Å². The standard InChI is InChI=1S/C26H23N7OS/c27-17(7-16-10-29-22-4-2-1-3-19(16)22)11-30-26-31-13-24(35-26)15-5-6-23-20(8-15)21(25(34)33-23)9-18-12-28-14-32-18/h1-6,8-10,12-14,17,29H,7,11,27H2,(H,28,32)(H,30,31)(H,33,34)/t17-/m0/s1. The molecule has 1 atom stereocenters. The summed E-state index contributed by atoms with van der Waals surface area (Å²) in [6, 6.07) is 14.2. The predicted molar refractivity (Wildman–Crippen MR) is 141 cm³/mol. The van der Waals surface area contributed by atoms with E-state index in [1.807, 2.05) is 48.8 Å². The number of imidazole rings is 1. The number of anilines is 2. The molecule has 174 valence electrons. The molecule has 0 bridgehead atoms. The highest BCUT2D eigenvalue weighted by atomic mass is 32.1. The van der Waals surface area contributed by atoms with E-state index in [9.17, 15) is 4.79 Å². The molecule has 0 aliphatic carbocycles. The van der Waals surface area contributed by atoms with E-state index >= 15 is 0 Å². The summed E-state index contributed by atoms with van der Waals surface area (Å²) >= 11 is 1.57. The Morgan fingerprint density at radius 2 is 2.06 bits per heavy atom. The average molecular weight is 482 g/mol. The normalized spacial score (nSPS) is 14.9. The number of H-pyrrole nitrogens is 2. The van der Waals surface area contributed by atoms with E-state index in [1.165, 1.54) is 10.9 Å². The minimum atomic E-state index is -0.123. The summed E-state index contributed by atoms with van der Waals surface area (Å²) in [7, 11) is 0. The number of benzene rings is 2. The molecule has 6 rings (SSSR count). The van der Waals surface area contributed by atoms with Crippen molar-refractivity contribution in [3.63, 3.8) is 0 Å².